The van der Waals surface area contributed by atoms with Gasteiger partial charge in [-0.25, -0.2) is 0 Å². The van der Waals surface area contributed by atoms with Crippen molar-refractivity contribution >= 4 is 46.0 Å². The number of hydrogen-bond donors (Lipinski definition) is 2. The van der Waals surface area contributed by atoms with E-state index in [9.17, 15) is 5.11 Å². The molecule has 3 aromatic rings. The number of benzene rings is 2. The zero-order chi connectivity index (χ0) is 19.2. The maximum Gasteiger partial charge on any atom is 0.288 e. The molecule has 0 aliphatic heterocycles. The lowest BCUT2D eigenvalue weighted by atomic mass is 10.1. The highest BCUT2D eigenvalue weighted by Crippen LogP contribution is 2.26. The molecule has 0 saturated carbocycles. The molecule has 3 rings (SSSR count). The molecule has 0 saturated heterocycles. The van der Waals surface area contributed by atoms with Gasteiger partial charge in [0.15, 0.2) is 17.4 Å². The second-order valence-corrected chi connectivity index (χ2v) is 6.74. The van der Waals surface area contributed by atoms with Crippen molar-refractivity contribution < 1.29 is 9.67 Å². The van der Waals surface area contributed by atoms with Gasteiger partial charge < -0.3 is 10.4 Å². The number of aromatic nitrogens is 1. The summed E-state index contributed by atoms with van der Waals surface area (Å²) in [5.74, 6) is 0.0169. The molecule has 0 radical (unpaired) electrons. The van der Waals surface area contributed by atoms with Gasteiger partial charge in [0, 0.05) is 23.4 Å². The molecule has 0 bridgehead atoms. The Morgan fingerprint density at radius 1 is 1.00 bits per heavy atom. The Bertz CT molecular complexity index is 986. The molecule has 0 atom stereocenters. The van der Waals surface area contributed by atoms with Gasteiger partial charge in [-0.1, -0.05) is 67.1 Å². The lowest BCUT2D eigenvalue weighted by Crippen LogP contribution is -2.38. The fourth-order valence-electron chi connectivity index (χ4n) is 2.81. The number of para-hydroxylation sites is 1. The highest BCUT2D eigenvalue weighted by atomic mass is 35.5. The van der Waals surface area contributed by atoms with Crippen LogP contribution in [0.15, 0.2) is 79.1 Å². The largest absolute Gasteiger partial charge is 0.502 e. The maximum atomic E-state index is 11.0. The van der Waals surface area contributed by atoms with Crippen LogP contribution in [0, 0.1) is 0 Å². The highest BCUT2D eigenvalue weighted by Gasteiger charge is 2.25. The van der Waals surface area contributed by atoms with Crippen LogP contribution in [-0.2, 0) is 6.42 Å². The minimum absolute atomic E-state index is 0.0169. The minimum atomic E-state index is 0.0169. The van der Waals surface area contributed by atoms with Crippen LogP contribution < -0.4 is 9.88 Å². The van der Waals surface area contributed by atoms with Crippen molar-refractivity contribution in [2.45, 2.75) is 13.3 Å². The van der Waals surface area contributed by atoms with E-state index in [0.717, 1.165) is 17.7 Å². The zero-order valence-corrected chi connectivity index (χ0v) is 16.5. The number of hydrogen-bond acceptors (Lipinski definition) is 2. The van der Waals surface area contributed by atoms with E-state index in [-0.39, 0.29) is 5.76 Å². The summed E-state index contributed by atoms with van der Waals surface area (Å²) in [5.41, 5.74) is 3.06. The average Bonchev–Trinajstić information content (AvgIpc) is 2.69. The van der Waals surface area contributed by atoms with E-state index in [1.54, 1.807) is 16.7 Å². The average molecular weight is 396 g/mol. The Balaban J connectivity index is 2.09. The van der Waals surface area contributed by atoms with Crippen LogP contribution in [0.2, 0.25) is 5.02 Å². The number of nitrogens with zero attached hydrogens (tertiary/aromatic N) is 1. The molecule has 0 fully saturated rings. The summed E-state index contributed by atoms with van der Waals surface area (Å²) in [6.07, 6.45) is 4.55. The van der Waals surface area contributed by atoms with Crippen molar-refractivity contribution in [3.05, 3.63) is 95.3 Å². The minimum Gasteiger partial charge on any atom is -0.502 e. The lowest BCUT2D eigenvalue weighted by molar-refractivity contribution is -0.575. The third kappa shape index (κ3) is 4.35. The maximum absolute atomic E-state index is 11.0. The number of nitrogens with one attached hydrogen (secondary N) is 1. The molecule has 2 aromatic carbocycles. The van der Waals surface area contributed by atoms with E-state index in [1.807, 2.05) is 60.9 Å². The van der Waals surface area contributed by atoms with Gasteiger partial charge >= 0.3 is 0 Å². The molecule has 0 aliphatic carbocycles. The Hall–Kier alpha value is -2.69. The van der Waals surface area contributed by atoms with Gasteiger partial charge in [0.05, 0.1) is 5.02 Å². The van der Waals surface area contributed by atoms with Crippen LogP contribution in [0.25, 0.3) is 11.5 Å². The number of rotatable bonds is 5. The normalized spacial score (nSPS) is 11.6. The van der Waals surface area contributed by atoms with E-state index in [1.165, 1.54) is 0 Å². The molecule has 1 heterocycles. The van der Waals surface area contributed by atoms with E-state index >= 15 is 0 Å². The molecule has 0 amide bonds. The number of aliphatic hydroxyl groups is 1. The molecule has 5 heteroatoms. The predicted octanol–water partition coefficient (Wildman–Crippen LogP) is 5.51. The highest BCUT2D eigenvalue weighted by molar-refractivity contribution is 7.81. The summed E-state index contributed by atoms with van der Waals surface area (Å²) in [4.78, 5) is 0.407. The Labute approximate surface area is 169 Å². The summed E-state index contributed by atoms with van der Waals surface area (Å²) in [5, 5.41) is 14.8. The number of aryl methyl sites for hydroxylation is 1. The lowest BCUT2D eigenvalue weighted by Gasteiger charge is -2.13. The molecule has 0 unspecified atom stereocenters. The molecule has 0 aliphatic rings. The van der Waals surface area contributed by atoms with Crippen LogP contribution in [0.1, 0.15) is 18.1 Å². The van der Waals surface area contributed by atoms with E-state index < -0.39 is 0 Å². The monoisotopic (exact) mass is 395 g/mol. The van der Waals surface area contributed by atoms with E-state index in [4.69, 9.17) is 23.8 Å². The Kier molecular flexibility index (Phi) is 6.22. The molecule has 1 aromatic heterocycles. The first kappa shape index (κ1) is 19.1. The van der Waals surface area contributed by atoms with Crippen LogP contribution in [-0.4, -0.2) is 10.1 Å². The van der Waals surface area contributed by atoms with Gasteiger partial charge in [0.2, 0.25) is 5.76 Å². The summed E-state index contributed by atoms with van der Waals surface area (Å²) in [6, 6.07) is 20.8. The first-order chi connectivity index (χ1) is 13.1. The number of halogens is 1. The fraction of sp³-hybridized carbons (Fsp3) is 0.0909. The zero-order valence-electron chi connectivity index (χ0n) is 14.9. The standard InChI is InChI=1S/C22H19ClN2OS/c1-2-16-10-4-7-13-19(16)24-22(27)20(25-14-8-3-9-15-25)21(26)17-11-5-6-12-18(17)23/h3-15H,2H2,1H3,(H-,24,26,27)/p+1. The topological polar surface area (TPSA) is 36.1 Å². The van der Waals surface area contributed by atoms with Gasteiger partial charge in [0.25, 0.3) is 5.70 Å². The van der Waals surface area contributed by atoms with Crippen molar-refractivity contribution in [1.82, 2.24) is 0 Å². The van der Waals surface area contributed by atoms with Gasteiger partial charge in [-0.2, -0.15) is 4.57 Å². The van der Waals surface area contributed by atoms with Gasteiger partial charge in [-0.05, 0) is 30.2 Å². The number of aliphatic hydroxyl groups excluding tert-OH is 1. The molecule has 136 valence electrons. The first-order valence-electron chi connectivity index (χ1n) is 8.66. The SMILES string of the molecule is CCc1ccccc1NC(=S)C(=C(O)c1ccccc1Cl)[n+]1ccccc1. The van der Waals surface area contributed by atoms with Crippen LogP contribution in [0.3, 0.4) is 0 Å². The summed E-state index contributed by atoms with van der Waals surface area (Å²) < 4.78 is 1.78. The van der Waals surface area contributed by atoms with E-state index in [2.05, 4.69) is 18.3 Å². The Morgan fingerprint density at radius 2 is 1.67 bits per heavy atom. The van der Waals surface area contributed by atoms with Crippen molar-refractivity contribution in [3.63, 3.8) is 0 Å². The molecular formula is C22H20ClN2OS+. The van der Waals surface area contributed by atoms with Gasteiger partial charge in [0.1, 0.15) is 0 Å². The molecule has 27 heavy (non-hydrogen) atoms. The first-order valence-corrected chi connectivity index (χ1v) is 9.44. The van der Waals surface area contributed by atoms with Crippen molar-refractivity contribution in [2.24, 2.45) is 0 Å². The van der Waals surface area contributed by atoms with Crippen LogP contribution in [0.4, 0.5) is 5.69 Å². The van der Waals surface area contributed by atoms with E-state index in [0.29, 0.717) is 21.3 Å². The van der Waals surface area contributed by atoms with Gasteiger partial charge in [-0.3, -0.25) is 0 Å². The smallest absolute Gasteiger partial charge is 0.288 e. The third-order valence-corrected chi connectivity index (χ3v) is 4.81. The number of thiocarbonyl (C=S) groups is 1. The van der Waals surface area contributed by atoms with Gasteiger partial charge in [-0.15, -0.1) is 0 Å². The summed E-state index contributed by atoms with van der Waals surface area (Å²) in [7, 11) is 0. The second kappa shape index (κ2) is 8.80. The third-order valence-electron chi connectivity index (χ3n) is 4.19. The molecule has 3 nitrogen and oxygen atoms in total. The Morgan fingerprint density at radius 3 is 2.37 bits per heavy atom. The number of anilines is 1. The molecule has 2 N–H and O–H groups in total. The van der Waals surface area contributed by atoms with Crippen LogP contribution in [0.5, 0.6) is 0 Å². The molecule has 0 spiro atoms. The number of pyridine rings is 1. The quantitative estimate of drug-likeness (QED) is 0.258. The fourth-order valence-corrected chi connectivity index (χ4v) is 3.34. The predicted molar refractivity (Wildman–Crippen MR) is 116 cm³/mol. The second-order valence-electron chi connectivity index (χ2n) is 5.92. The molecular weight excluding hydrogens is 376 g/mol. The van der Waals surface area contributed by atoms with Crippen LogP contribution >= 0.6 is 23.8 Å². The summed E-state index contributed by atoms with van der Waals surface area (Å²) >= 11 is 12.0. The van der Waals surface area contributed by atoms with Crippen molar-refractivity contribution in [2.75, 3.05) is 5.32 Å². The summed E-state index contributed by atoms with van der Waals surface area (Å²) in [6.45, 7) is 2.09. The van der Waals surface area contributed by atoms with Crippen molar-refractivity contribution in [1.29, 1.82) is 0 Å². The van der Waals surface area contributed by atoms with Crippen molar-refractivity contribution in [3.8, 4) is 0 Å².